The van der Waals surface area contributed by atoms with Crippen molar-refractivity contribution in [3.05, 3.63) is 53.9 Å². The van der Waals surface area contributed by atoms with Crippen LogP contribution in [0.2, 0.25) is 0 Å². The van der Waals surface area contributed by atoms with Gasteiger partial charge < -0.3 is 0 Å². The minimum absolute atomic E-state index is 0.561. The van der Waals surface area contributed by atoms with E-state index in [2.05, 4.69) is 10.00 Å². The van der Waals surface area contributed by atoms with Crippen LogP contribution in [0.3, 0.4) is 0 Å². The number of aromatic nitrogens is 2. The van der Waals surface area contributed by atoms with Gasteiger partial charge in [0, 0.05) is 25.5 Å². The topological polar surface area (TPSA) is 21.1 Å². The Morgan fingerprint density at radius 1 is 1.12 bits per heavy atom. The minimum Gasteiger partial charge on any atom is -0.299 e. The smallest absolute Gasteiger partial charge is 0.299 e. The summed E-state index contributed by atoms with van der Waals surface area (Å²) in [5.41, 5.74) is 0.175. The molecular formula is C18H22F3N3. The first-order valence-electron chi connectivity index (χ1n) is 8.36. The maximum absolute atomic E-state index is 12.8. The molecule has 3 nitrogen and oxygen atoms in total. The van der Waals surface area contributed by atoms with E-state index in [1.165, 1.54) is 12.1 Å². The summed E-state index contributed by atoms with van der Waals surface area (Å²) in [7, 11) is 0. The second kappa shape index (κ2) is 7.38. The van der Waals surface area contributed by atoms with E-state index < -0.39 is 11.7 Å². The van der Waals surface area contributed by atoms with Crippen molar-refractivity contribution in [2.45, 2.75) is 38.5 Å². The van der Waals surface area contributed by atoms with Crippen LogP contribution in [0.5, 0.6) is 0 Å². The molecule has 2 aromatic rings. The highest BCUT2D eigenvalue weighted by Gasteiger charge is 2.30. The Morgan fingerprint density at radius 3 is 2.58 bits per heavy atom. The van der Waals surface area contributed by atoms with Crippen LogP contribution in [-0.4, -0.2) is 27.8 Å². The highest BCUT2D eigenvalue weighted by molar-refractivity contribution is 5.25. The van der Waals surface area contributed by atoms with E-state index >= 15 is 0 Å². The molecular weight excluding hydrogens is 315 g/mol. The van der Waals surface area contributed by atoms with Gasteiger partial charge in [-0.1, -0.05) is 18.2 Å². The molecule has 0 saturated carbocycles. The van der Waals surface area contributed by atoms with Gasteiger partial charge in [-0.3, -0.25) is 9.58 Å². The largest absolute Gasteiger partial charge is 0.416 e. The van der Waals surface area contributed by atoms with Crippen LogP contribution in [0.15, 0.2) is 42.7 Å². The first kappa shape index (κ1) is 17.0. The van der Waals surface area contributed by atoms with Gasteiger partial charge in [0.1, 0.15) is 0 Å². The summed E-state index contributed by atoms with van der Waals surface area (Å²) in [6, 6.07) is 7.60. The lowest BCUT2D eigenvalue weighted by atomic mass is 9.93. The molecule has 1 fully saturated rings. The van der Waals surface area contributed by atoms with Crippen LogP contribution in [0.25, 0.3) is 0 Å². The average Bonchev–Trinajstić information content (AvgIpc) is 3.07. The predicted molar refractivity (Wildman–Crippen MR) is 86.3 cm³/mol. The van der Waals surface area contributed by atoms with Crippen molar-refractivity contribution in [2.75, 3.05) is 13.1 Å². The molecule has 130 valence electrons. The molecule has 3 rings (SSSR count). The number of benzene rings is 1. The molecule has 1 aliphatic rings. The van der Waals surface area contributed by atoms with Gasteiger partial charge in [-0.25, -0.2) is 0 Å². The second-order valence-electron chi connectivity index (χ2n) is 6.48. The lowest BCUT2D eigenvalue weighted by Crippen LogP contribution is -2.33. The molecule has 2 heterocycles. The number of hydrogen-bond donors (Lipinski definition) is 0. The van der Waals surface area contributed by atoms with Gasteiger partial charge in [0.05, 0.1) is 5.56 Å². The van der Waals surface area contributed by atoms with Crippen molar-refractivity contribution in [3.63, 3.8) is 0 Å². The highest BCUT2D eigenvalue weighted by Crippen LogP contribution is 2.30. The Morgan fingerprint density at radius 2 is 1.92 bits per heavy atom. The Labute approximate surface area is 140 Å². The molecule has 1 aromatic heterocycles. The van der Waals surface area contributed by atoms with Crippen LogP contribution < -0.4 is 0 Å². The minimum atomic E-state index is -4.27. The van der Waals surface area contributed by atoms with Crippen LogP contribution >= 0.6 is 0 Å². The number of aryl methyl sites for hydroxylation is 1. The van der Waals surface area contributed by atoms with Crippen molar-refractivity contribution in [1.82, 2.24) is 14.7 Å². The standard InChI is InChI=1S/C18H22F3N3/c19-18(20,21)17-4-1-3-16(13-17)14-23-10-5-15(6-11-23)7-12-24-9-2-8-22-24/h1-4,8-9,13,15H,5-7,10-12,14H2. The predicted octanol–water partition coefficient (Wildman–Crippen LogP) is 4.20. The van der Waals surface area contributed by atoms with Crippen LogP contribution in [0.1, 0.15) is 30.4 Å². The van der Waals surface area contributed by atoms with Gasteiger partial charge >= 0.3 is 6.18 Å². The van der Waals surface area contributed by atoms with E-state index in [0.717, 1.165) is 50.5 Å². The summed E-state index contributed by atoms with van der Waals surface area (Å²) < 4.78 is 40.3. The number of nitrogens with zero attached hydrogens (tertiary/aromatic N) is 3. The normalized spacial score (nSPS) is 17.3. The third kappa shape index (κ3) is 4.60. The molecule has 6 heteroatoms. The van der Waals surface area contributed by atoms with Gasteiger partial charge in [-0.2, -0.15) is 18.3 Å². The molecule has 0 radical (unpaired) electrons. The molecule has 0 bridgehead atoms. The lowest BCUT2D eigenvalue weighted by Gasteiger charge is -2.32. The molecule has 0 aliphatic carbocycles. The fraction of sp³-hybridized carbons (Fsp3) is 0.500. The molecule has 24 heavy (non-hydrogen) atoms. The third-order valence-electron chi connectivity index (χ3n) is 4.69. The summed E-state index contributed by atoms with van der Waals surface area (Å²) in [5.74, 6) is 0.673. The zero-order valence-electron chi connectivity index (χ0n) is 13.5. The summed E-state index contributed by atoms with van der Waals surface area (Å²) in [5, 5.41) is 4.21. The number of rotatable bonds is 5. The van der Waals surface area contributed by atoms with E-state index in [1.807, 2.05) is 16.9 Å². The van der Waals surface area contributed by atoms with Crippen molar-refractivity contribution in [1.29, 1.82) is 0 Å². The fourth-order valence-corrected chi connectivity index (χ4v) is 3.28. The zero-order chi connectivity index (χ0) is 17.0. The average molecular weight is 337 g/mol. The van der Waals surface area contributed by atoms with Gasteiger partial charge in [0.25, 0.3) is 0 Å². The zero-order valence-corrected chi connectivity index (χ0v) is 13.5. The lowest BCUT2D eigenvalue weighted by molar-refractivity contribution is -0.137. The van der Waals surface area contributed by atoms with Gasteiger partial charge in [-0.05, 0) is 56.0 Å². The highest BCUT2D eigenvalue weighted by atomic mass is 19.4. The van der Waals surface area contributed by atoms with E-state index in [-0.39, 0.29) is 0 Å². The maximum Gasteiger partial charge on any atom is 0.416 e. The van der Waals surface area contributed by atoms with E-state index in [4.69, 9.17) is 0 Å². The molecule has 0 N–H and O–H groups in total. The van der Waals surface area contributed by atoms with E-state index in [9.17, 15) is 13.2 Å². The van der Waals surface area contributed by atoms with E-state index in [0.29, 0.717) is 12.5 Å². The number of likely N-dealkylation sites (tertiary alicyclic amines) is 1. The molecule has 1 saturated heterocycles. The maximum atomic E-state index is 12.8. The first-order chi connectivity index (χ1) is 11.5. The van der Waals surface area contributed by atoms with Crippen molar-refractivity contribution in [3.8, 4) is 0 Å². The Kier molecular flexibility index (Phi) is 5.23. The van der Waals surface area contributed by atoms with E-state index in [1.54, 1.807) is 12.3 Å². The monoisotopic (exact) mass is 337 g/mol. The van der Waals surface area contributed by atoms with Crippen molar-refractivity contribution >= 4 is 0 Å². The SMILES string of the molecule is FC(F)(F)c1cccc(CN2CCC(CCn3cccn3)CC2)c1. The van der Waals surface area contributed by atoms with Crippen molar-refractivity contribution < 1.29 is 13.2 Å². The summed E-state index contributed by atoms with van der Waals surface area (Å²) in [6.07, 6.45) is 2.80. The molecule has 0 spiro atoms. The van der Waals surface area contributed by atoms with Gasteiger partial charge in [0.15, 0.2) is 0 Å². The number of halogens is 3. The number of hydrogen-bond acceptors (Lipinski definition) is 2. The summed E-state index contributed by atoms with van der Waals surface area (Å²) >= 11 is 0. The number of alkyl halides is 3. The third-order valence-corrected chi connectivity index (χ3v) is 4.69. The molecule has 0 unspecified atom stereocenters. The molecule has 1 aliphatic heterocycles. The molecule has 1 aromatic carbocycles. The van der Waals surface area contributed by atoms with Crippen LogP contribution in [0, 0.1) is 5.92 Å². The summed E-state index contributed by atoms with van der Waals surface area (Å²) in [4.78, 5) is 2.25. The van der Waals surface area contributed by atoms with Gasteiger partial charge in [-0.15, -0.1) is 0 Å². The first-order valence-corrected chi connectivity index (χ1v) is 8.36. The molecule has 0 amide bonds. The van der Waals surface area contributed by atoms with Crippen LogP contribution in [-0.2, 0) is 19.3 Å². The summed E-state index contributed by atoms with van der Waals surface area (Å²) in [6.45, 7) is 3.42. The Hall–Kier alpha value is -1.82. The molecule has 0 atom stereocenters. The quantitative estimate of drug-likeness (QED) is 0.815. The Balaban J connectivity index is 1.47. The Bertz CT molecular complexity index is 629. The van der Waals surface area contributed by atoms with Crippen molar-refractivity contribution in [2.24, 2.45) is 5.92 Å². The van der Waals surface area contributed by atoms with Crippen LogP contribution in [0.4, 0.5) is 13.2 Å². The second-order valence-corrected chi connectivity index (χ2v) is 6.48. The fourth-order valence-electron chi connectivity index (χ4n) is 3.28. The van der Waals surface area contributed by atoms with Gasteiger partial charge in [0.2, 0.25) is 0 Å². The number of piperidine rings is 1.